The molecule has 2 aromatic heterocycles. The van der Waals surface area contributed by atoms with Crippen molar-refractivity contribution in [3.05, 3.63) is 54.5 Å². The van der Waals surface area contributed by atoms with Gasteiger partial charge in [-0.1, -0.05) is 39.0 Å². The molecule has 12 nitrogen and oxygen atoms in total. The number of nitrogen functional groups attached to an aromatic ring is 1. The monoisotopic (exact) mass is 559 g/mol. The molecule has 1 saturated heterocycles. The van der Waals surface area contributed by atoms with Crippen molar-refractivity contribution in [3.63, 3.8) is 0 Å². The lowest BCUT2D eigenvalue weighted by Crippen LogP contribution is -2.43. The van der Waals surface area contributed by atoms with E-state index in [1.807, 2.05) is 19.9 Å². The van der Waals surface area contributed by atoms with Crippen molar-refractivity contribution in [2.45, 2.75) is 64.1 Å². The van der Waals surface area contributed by atoms with Crippen molar-refractivity contribution in [1.29, 1.82) is 0 Å². The third-order valence-electron chi connectivity index (χ3n) is 7.69. The number of carbonyl (C=O) groups is 1. The summed E-state index contributed by atoms with van der Waals surface area (Å²) >= 11 is 0. The molecular formula is C26H34N5O7P. The molecule has 5 rings (SSSR count). The van der Waals surface area contributed by atoms with Crippen LogP contribution < -0.4 is 15.3 Å². The third kappa shape index (κ3) is 4.60. The lowest BCUT2D eigenvalue weighted by atomic mass is 9.83. The second-order valence-electron chi connectivity index (χ2n) is 10.4. The Bertz CT molecular complexity index is 1420. The molecule has 1 saturated carbocycles. The van der Waals surface area contributed by atoms with Crippen LogP contribution in [0.1, 0.15) is 40.3 Å². The predicted octanol–water partition coefficient (Wildman–Crippen LogP) is 3.06. The minimum absolute atomic E-state index is 0.161. The van der Waals surface area contributed by atoms with Gasteiger partial charge in [-0.3, -0.25) is 9.32 Å². The zero-order chi connectivity index (χ0) is 28.2. The van der Waals surface area contributed by atoms with E-state index in [0.29, 0.717) is 17.0 Å². The lowest BCUT2D eigenvalue weighted by molar-refractivity contribution is -0.146. The molecule has 13 heteroatoms. The quantitative estimate of drug-likeness (QED) is 0.247. The van der Waals surface area contributed by atoms with Crippen LogP contribution in [0.15, 0.2) is 48.8 Å². The lowest BCUT2D eigenvalue weighted by Gasteiger charge is -2.34. The van der Waals surface area contributed by atoms with E-state index in [2.05, 4.69) is 15.2 Å². The summed E-state index contributed by atoms with van der Waals surface area (Å²) in [5, 5.41) is 18.8. The standard InChI is InChI=1S/C26H34N5O7P/c1-6-35-24(32)20(15(2)3)30-39(34,37-17-10-8-7-9-11-17)38-22-21-26(22,33)16(4)25(5,36-21)19-13-12-18-23(27)28-14-29-31(18)19/h7-16,20-22,33H,6H2,1-5H3,(H,30,34)(H2,27,28,29)/t16-,20+,21-,22?,25-,26+,39?/m1/s1. The zero-order valence-electron chi connectivity index (χ0n) is 22.5. The van der Waals surface area contributed by atoms with Crippen molar-refractivity contribution in [3.8, 4) is 5.75 Å². The molecule has 0 radical (unpaired) electrons. The van der Waals surface area contributed by atoms with Gasteiger partial charge in [0.2, 0.25) is 0 Å². The van der Waals surface area contributed by atoms with Crippen LogP contribution in [0, 0.1) is 11.8 Å². The van der Waals surface area contributed by atoms with Gasteiger partial charge in [0.15, 0.2) is 5.82 Å². The van der Waals surface area contributed by atoms with Crippen LogP contribution in [0.4, 0.5) is 5.82 Å². The van der Waals surface area contributed by atoms with E-state index in [0.717, 1.165) is 0 Å². The van der Waals surface area contributed by atoms with E-state index in [1.54, 1.807) is 61.7 Å². The van der Waals surface area contributed by atoms with Crippen molar-refractivity contribution in [1.82, 2.24) is 19.7 Å². The van der Waals surface area contributed by atoms with Gasteiger partial charge >= 0.3 is 13.7 Å². The summed E-state index contributed by atoms with van der Waals surface area (Å²) in [6.07, 6.45) is -0.436. The number of fused-ring (bicyclic) bond motifs is 2. The maximum absolute atomic E-state index is 14.2. The number of ether oxygens (including phenoxy) is 2. The molecular weight excluding hydrogens is 525 g/mol. The molecule has 2 aliphatic rings. The minimum Gasteiger partial charge on any atom is -0.465 e. The van der Waals surface area contributed by atoms with Crippen molar-refractivity contribution >= 4 is 25.1 Å². The van der Waals surface area contributed by atoms with E-state index in [9.17, 15) is 14.5 Å². The number of anilines is 1. The van der Waals surface area contributed by atoms with Crippen LogP contribution in [-0.4, -0.2) is 56.1 Å². The number of carbonyl (C=O) groups excluding carboxylic acids is 1. The summed E-state index contributed by atoms with van der Waals surface area (Å²) in [7, 11) is -4.23. The van der Waals surface area contributed by atoms with Crippen molar-refractivity contribution in [2.24, 2.45) is 11.8 Å². The molecule has 0 bridgehead atoms. The number of benzene rings is 1. The van der Waals surface area contributed by atoms with Gasteiger partial charge in [0.25, 0.3) is 0 Å². The Morgan fingerprint density at radius 3 is 2.62 bits per heavy atom. The van der Waals surface area contributed by atoms with Gasteiger partial charge in [-0.15, -0.1) is 0 Å². The number of nitrogens with one attached hydrogen (secondary N) is 1. The van der Waals surface area contributed by atoms with E-state index in [4.69, 9.17) is 24.3 Å². The summed E-state index contributed by atoms with van der Waals surface area (Å²) < 4.78 is 39.2. The van der Waals surface area contributed by atoms with Crippen LogP contribution >= 0.6 is 7.75 Å². The smallest absolute Gasteiger partial charge is 0.459 e. The van der Waals surface area contributed by atoms with Gasteiger partial charge in [0.05, 0.1) is 12.3 Å². The van der Waals surface area contributed by atoms with E-state index >= 15 is 0 Å². The Morgan fingerprint density at radius 2 is 2.00 bits per heavy atom. The molecule has 0 amide bonds. The molecule has 1 aliphatic heterocycles. The summed E-state index contributed by atoms with van der Waals surface area (Å²) in [6.45, 7) is 9.11. The number of aliphatic hydroxyl groups is 1. The second-order valence-corrected chi connectivity index (χ2v) is 12.1. The summed E-state index contributed by atoms with van der Waals surface area (Å²) in [5.41, 5.74) is 4.86. The first-order valence-corrected chi connectivity index (χ1v) is 14.4. The highest BCUT2D eigenvalue weighted by Gasteiger charge is 2.80. The number of nitrogens with zero attached hydrogens (tertiary/aromatic N) is 3. The van der Waals surface area contributed by atoms with Gasteiger partial charge in [0.1, 0.15) is 47.0 Å². The number of esters is 1. The number of nitrogens with two attached hydrogens (primary N) is 1. The summed E-state index contributed by atoms with van der Waals surface area (Å²) in [4.78, 5) is 16.7. The van der Waals surface area contributed by atoms with Crippen LogP contribution in [-0.2, 0) is 29.0 Å². The Kier molecular flexibility index (Phi) is 6.97. The molecule has 2 fully saturated rings. The number of rotatable bonds is 10. The first kappa shape index (κ1) is 27.5. The van der Waals surface area contributed by atoms with Crippen molar-refractivity contribution < 1.29 is 33.0 Å². The predicted molar refractivity (Wildman–Crippen MR) is 142 cm³/mol. The molecule has 4 N–H and O–H groups in total. The summed E-state index contributed by atoms with van der Waals surface area (Å²) in [5.74, 6) is -0.792. The minimum atomic E-state index is -4.23. The Morgan fingerprint density at radius 1 is 1.28 bits per heavy atom. The molecule has 2 unspecified atom stereocenters. The number of hydrogen-bond donors (Lipinski definition) is 3. The number of hydrogen-bond acceptors (Lipinski definition) is 10. The Hall–Kier alpha value is -3.02. The average Bonchev–Trinajstić information content (AvgIpc) is 3.18. The van der Waals surface area contributed by atoms with Gasteiger partial charge in [-0.05, 0) is 44.0 Å². The maximum Gasteiger partial charge on any atom is 0.459 e. The first-order chi connectivity index (χ1) is 18.4. The molecule has 1 aromatic carbocycles. The Labute approximate surface area is 226 Å². The molecule has 210 valence electrons. The third-order valence-corrected chi connectivity index (χ3v) is 9.24. The Balaban J connectivity index is 1.42. The fraction of sp³-hybridized carbons (Fsp3) is 0.500. The SMILES string of the molecule is CCOC(=O)[C@@H](NP(=O)(Oc1ccccc1)OC1[C@H]2O[C@@](C)(c3ccc4c(N)ncnn34)[C@@H](C)[C@@]12O)C(C)C. The normalized spacial score (nSPS) is 30.1. The topological polar surface area (TPSA) is 160 Å². The molecule has 7 atom stereocenters. The molecule has 3 heterocycles. The maximum atomic E-state index is 14.2. The highest BCUT2D eigenvalue weighted by atomic mass is 31.2. The zero-order valence-corrected chi connectivity index (χ0v) is 23.4. The van der Waals surface area contributed by atoms with E-state index in [-0.39, 0.29) is 18.3 Å². The molecule has 1 aliphatic carbocycles. The van der Waals surface area contributed by atoms with Crippen LogP contribution in [0.2, 0.25) is 0 Å². The van der Waals surface area contributed by atoms with Crippen molar-refractivity contribution in [2.75, 3.05) is 12.3 Å². The van der Waals surface area contributed by atoms with Gasteiger partial charge in [-0.25, -0.2) is 14.1 Å². The van der Waals surface area contributed by atoms with Gasteiger partial charge in [-0.2, -0.15) is 10.2 Å². The van der Waals surface area contributed by atoms with E-state index in [1.165, 1.54) is 6.33 Å². The fourth-order valence-electron chi connectivity index (χ4n) is 5.26. The van der Waals surface area contributed by atoms with E-state index < -0.39 is 49.1 Å². The largest absolute Gasteiger partial charge is 0.465 e. The van der Waals surface area contributed by atoms with Crippen LogP contribution in [0.3, 0.4) is 0 Å². The van der Waals surface area contributed by atoms with Gasteiger partial charge < -0.3 is 24.8 Å². The highest BCUT2D eigenvalue weighted by Crippen LogP contribution is 2.66. The number of aromatic nitrogens is 3. The van der Waals surface area contributed by atoms with Crippen LogP contribution in [0.5, 0.6) is 5.75 Å². The second kappa shape index (κ2) is 9.87. The average molecular weight is 560 g/mol. The molecule has 3 aromatic rings. The highest BCUT2D eigenvalue weighted by molar-refractivity contribution is 7.52. The molecule has 0 spiro atoms. The molecule has 39 heavy (non-hydrogen) atoms. The van der Waals surface area contributed by atoms with Gasteiger partial charge in [0, 0.05) is 5.92 Å². The fourth-order valence-corrected chi connectivity index (χ4v) is 7.14. The first-order valence-electron chi connectivity index (χ1n) is 12.9. The number of para-hydroxylation sites is 1. The summed E-state index contributed by atoms with van der Waals surface area (Å²) in [6, 6.07) is 11.1. The van der Waals surface area contributed by atoms with Crippen LogP contribution in [0.25, 0.3) is 5.52 Å².